The van der Waals surface area contributed by atoms with Gasteiger partial charge in [0.2, 0.25) is 0 Å². The topological polar surface area (TPSA) is 79.5 Å². The van der Waals surface area contributed by atoms with Gasteiger partial charge in [-0.2, -0.15) is 0 Å². The zero-order valence-electron chi connectivity index (χ0n) is 16.1. The molecule has 1 saturated heterocycles. The SMILES string of the molecule is CC1CNCCC1NC(=O)c1ccccc1OCC(=O)Nc1ccccc1F.Cl. The van der Waals surface area contributed by atoms with Gasteiger partial charge < -0.3 is 20.7 Å². The molecule has 2 unspecified atom stereocenters. The fourth-order valence-corrected chi connectivity index (χ4v) is 3.15. The summed E-state index contributed by atoms with van der Waals surface area (Å²) in [5.74, 6) is -0.620. The summed E-state index contributed by atoms with van der Waals surface area (Å²) in [6.45, 7) is 3.48. The molecule has 0 saturated carbocycles. The van der Waals surface area contributed by atoms with Crippen molar-refractivity contribution in [3.8, 4) is 5.75 Å². The largest absolute Gasteiger partial charge is 0.483 e. The van der Waals surface area contributed by atoms with E-state index in [2.05, 4.69) is 22.9 Å². The van der Waals surface area contributed by atoms with Gasteiger partial charge in [0.15, 0.2) is 6.61 Å². The number of amides is 2. The summed E-state index contributed by atoms with van der Waals surface area (Å²) in [4.78, 5) is 24.8. The first-order valence-corrected chi connectivity index (χ1v) is 9.32. The number of ether oxygens (including phenoxy) is 1. The summed E-state index contributed by atoms with van der Waals surface area (Å²) in [6.07, 6.45) is 0.862. The number of hydrogen-bond donors (Lipinski definition) is 3. The second-order valence-electron chi connectivity index (χ2n) is 6.86. The lowest BCUT2D eigenvalue weighted by molar-refractivity contribution is -0.118. The van der Waals surface area contributed by atoms with Crippen LogP contribution in [0.5, 0.6) is 5.75 Å². The zero-order chi connectivity index (χ0) is 19.9. The third-order valence-electron chi connectivity index (χ3n) is 4.74. The molecule has 2 aromatic carbocycles. The molecule has 1 aliphatic rings. The number of para-hydroxylation sites is 2. The molecule has 0 bridgehead atoms. The lowest BCUT2D eigenvalue weighted by atomic mass is 9.95. The van der Waals surface area contributed by atoms with Crippen molar-refractivity contribution in [1.82, 2.24) is 10.6 Å². The highest BCUT2D eigenvalue weighted by molar-refractivity contribution is 5.97. The van der Waals surface area contributed by atoms with E-state index in [0.717, 1.165) is 19.5 Å². The minimum atomic E-state index is -0.522. The Balaban J connectivity index is 0.00000300. The van der Waals surface area contributed by atoms with Crippen LogP contribution in [0.25, 0.3) is 0 Å². The number of nitrogens with one attached hydrogen (secondary N) is 3. The van der Waals surface area contributed by atoms with Gasteiger partial charge in [0.05, 0.1) is 11.3 Å². The fraction of sp³-hybridized carbons (Fsp3) is 0.333. The highest BCUT2D eigenvalue weighted by Gasteiger charge is 2.24. The van der Waals surface area contributed by atoms with Crippen LogP contribution in [0.2, 0.25) is 0 Å². The normalized spacial score (nSPS) is 18.3. The number of carbonyl (C=O) groups is 2. The maximum absolute atomic E-state index is 13.6. The molecule has 2 aromatic rings. The van der Waals surface area contributed by atoms with E-state index >= 15 is 0 Å². The number of piperidine rings is 1. The summed E-state index contributed by atoms with van der Waals surface area (Å²) in [6, 6.07) is 12.8. The van der Waals surface area contributed by atoms with Gasteiger partial charge in [0, 0.05) is 6.04 Å². The van der Waals surface area contributed by atoms with Crippen molar-refractivity contribution in [3.63, 3.8) is 0 Å². The Kier molecular flexibility index (Phi) is 8.42. The quantitative estimate of drug-likeness (QED) is 0.670. The number of benzene rings is 2. The number of carbonyl (C=O) groups excluding carboxylic acids is 2. The molecule has 2 atom stereocenters. The Hall–Kier alpha value is -2.64. The molecule has 2 amide bonds. The van der Waals surface area contributed by atoms with Crippen LogP contribution in [-0.2, 0) is 4.79 Å². The lowest BCUT2D eigenvalue weighted by Crippen LogP contribution is -2.48. The predicted octanol–water partition coefficient (Wildman–Crippen LogP) is 2.99. The highest BCUT2D eigenvalue weighted by Crippen LogP contribution is 2.20. The molecule has 6 nitrogen and oxygen atoms in total. The van der Waals surface area contributed by atoms with Gasteiger partial charge in [-0.05, 0) is 49.7 Å². The van der Waals surface area contributed by atoms with Gasteiger partial charge in [-0.25, -0.2) is 4.39 Å². The second kappa shape index (κ2) is 10.8. The Morgan fingerprint density at radius 1 is 1.17 bits per heavy atom. The predicted molar refractivity (Wildman–Crippen MR) is 112 cm³/mol. The van der Waals surface area contributed by atoms with Gasteiger partial charge in [0.1, 0.15) is 11.6 Å². The number of hydrogen-bond acceptors (Lipinski definition) is 4. The van der Waals surface area contributed by atoms with Gasteiger partial charge in [-0.1, -0.05) is 31.2 Å². The van der Waals surface area contributed by atoms with Crippen LogP contribution in [0, 0.1) is 11.7 Å². The van der Waals surface area contributed by atoms with Crippen molar-refractivity contribution in [2.24, 2.45) is 5.92 Å². The van der Waals surface area contributed by atoms with E-state index in [1.165, 1.54) is 12.1 Å². The van der Waals surface area contributed by atoms with E-state index in [1.54, 1.807) is 36.4 Å². The third kappa shape index (κ3) is 6.17. The van der Waals surface area contributed by atoms with E-state index in [1.807, 2.05) is 0 Å². The van der Waals surface area contributed by atoms with E-state index in [9.17, 15) is 14.0 Å². The lowest BCUT2D eigenvalue weighted by Gasteiger charge is -2.30. The molecule has 3 N–H and O–H groups in total. The molecule has 0 radical (unpaired) electrons. The Labute approximate surface area is 175 Å². The summed E-state index contributed by atoms with van der Waals surface area (Å²) < 4.78 is 19.2. The van der Waals surface area contributed by atoms with Crippen LogP contribution in [0.1, 0.15) is 23.7 Å². The average molecular weight is 422 g/mol. The molecular weight excluding hydrogens is 397 g/mol. The summed E-state index contributed by atoms with van der Waals surface area (Å²) in [5.41, 5.74) is 0.453. The Bertz CT molecular complexity index is 849. The van der Waals surface area contributed by atoms with Gasteiger partial charge in [-0.15, -0.1) is 12.4 Å². The Morgan fingerprint density at radius 2 is 1.90 bits per heavy atom. The summed E-state index contributed by atoms with van der Waals surface area (Å²) in [5, 5.41) is 8.80. The zero-order valence-corrected chi connectivity index (χ0v) is 16.9. The molecule has 29 heavy (non-hydrogen) atoms. The van der Waals surface area contributed by atoms with Crippen molar-refractivity contribution >= 4 is 29.9 Å². The second-order valence-corrected chi connectivity index (χ2v) is 6.86. The van der Waals surface area contributed by atoms with Crippen molar-refractivity contribution in [2.45, 2.75) is 19.4 Å². The fourth-order valence-electron chi connectivity index (χ4n) is 3.15. The molecule has 0 aromatic heterocycles. The van der Waals surface area contributed by atoms with Crippen molar-refractivity contribution in [3.05, 3.63) is 59.9 Å². The van der Waals surface area contributed by atoms with Gasteiger partial charge >= 0.3 is 0 Å². The van der Waals surface area contributed by atoms with Crippen LogP contribution >= 0.6 is 12.4 Å². The van der Waals surface area contributed by atoms with Gasteiger partial charge in [-0.3, -0.25) is 9.59 Å². The molecular formula is C21H25ClFN3O3. The minimum absolute atomic E-state index is 0. The molecule has 1 fully saturated rings. The van der Waals surface area contributed by atoms with Crippen LogP contribution < -0.4 is 20.7 Å². The van der Waals surface area contributed by atoms with Crippen LogP contribution in [-0.4, -0.2) is 37.6 Å². The maximum Gasteiger partial charge on any atom is 0.262 e. The van der Waals surface area contributed by atoms with Crippen molar-refractivity contribution in [1.29, 1.82) is 0 Å². The van der Waals surface area contributed by atoms with Crippen LogP contribution in [0.15, 0.2) is 48.5 Å². The monoisotopic (exact) mass is 421 g/mol. The molecule has 1 aliphatic heterocycles. The number of rotatable bonds is 6. The first-order chi connectivity index (χ1) is 13.5. The smallest absolute Gasteiger partial charge is 0.262 e. The molecule has 3 rings (SSSR count). The Morgan fingerprint density at radius 3 is 2.66 bits per heavy atom. The number of halogens is 2. The average Bonchev–Trinajstić information content (AvgIpc) is 2.70. The van der Waals surface area contributed by atoms with Crippen LogP contribution in [0.4, 0.5) is 10.1 Å². The molecule has 0 spiro atoms. The summed E-state index contributed by atoms with van der Waals surface area (Å²) in [7, 11) is 0. The van der Waals surface area contributed by atoms with Gasteiger partial charge in [0.25, 0.3) is 11.8 Å². The highest BCUT2D eigenvalue weighted by atomic mass is 35.5. The van der Waals surface area contributed by atoms with Crippen LogP contribution in [0.3, 0.4) is 0 Å². The first kappa shape index (κ1) is 22.6. The molecule has 8 heteroatoms. The molecule has 0 aliphatic carbocycles. The van der Waals surface area contributed by atoms with E-state index in [4.69, 9.17) is 4.74 Å². The van der Waals surface area contributed by atoms with E-state index < -0.39 is 11.7 Å². The van der Waals surface area contributed by atoms with Crippen molar-refractivity contribution in [2.75, 3.05) is 25.0 Å². The van der Waals surface area contributed by atoms with E-state index in [-0.39, 0.29) is 36.7 Å². The third-order valence-corrected chi connectivity index (χ3v) is 4.74. The molecule has 1 heterocycles. The maximum atomic E-state index is 13.6. The molecule has 156 valence electrons. The summed E-state index contributed by atoms with van der Waals surface area (Å²) >= 11 is 0. The number of anilines is 1. The van der Waals surface area contributed by atoms with E-state index in [0.29, 0.717) is 17.2 Å². The standard InChI is InChI=1S/C21H24FN3O3.ClH/c1-14-12-23-11-10-17(14)25-21(27)15-6-2-5-9-19(15)28-13-20(26)24-18-8-4-3-7-16(18)22;/h2-9,14,17,23H,10-13H2,1H3,(H,24,26)(H,25,27);1H. The van der Waals surface area contributed by atoms with Crippen molar-refractivity contribution < 1.29 is 18.7 Å². The first-order valence-electron chi connectivity index (χ1n) is 9.32. The minimum Gasteiger partial charge on any atom is -0.483 e.